The third kappa shape index (κ3) is 3.39. The van der Waals surface area contributed by atoms with Crippen LogP contribution in [0.15, 0.2) is 51.6 Å². The molecule has 0 fully saturated rings. The van der Waals surface area contributed by atoms with Gasteiger partial charge in [-0.15, -0.1) is 0 Å². The van der Waals surface area contributed by atoms with Gasteiger partial charge in [-0.25, -0.2) is 0 Å². The highest BCUT2D eigenvalue weighted by molar-refractivity contribution is 9.10. The molecule has 1 aromatic carbocycles. The number of furan rings is 1. The van der Waals surface area contributed by atoms with Crippen molar-refractivity contribution in [3.8, 4) is 5.69 Å². The van der Waals surface area contributed by atoms with Gasteiger partial charge in [0.05, 0.1) is 12.8 Å². The van der Waals surface area contributed by atoms with Gasteiger partial charge in [0, 0.05) is 10.2 Å². The number of nitrogen functional groups attached to an aromatic ring is 1. The Hall–Kier alpha value is -1.90. The summed E-state index contributed by atoms with van der Waals surface area (Å²) in [6.07, 6.45) is 1.56. The molecule has 0 unspecified atom stereocenters. The number of rotatable bonds is 4. The number of amides is 1. The molecule has 3 N–H and O–H groups in total. The molecular weight excluding hydrogens is 398 g/mol. The molecule has 0 aliphatic carbocycles. The molecule has 0 aliphatic heterocycles. The van der Waals surface area contributed by atoms with E-state index in [9.17, 15) is 4.79 Å². The molecule has 0 saturated carbocycles. The first-order valence-corrected chi connectivity index (χ1v) is 8.66. The van der Waals surface area contributed by atoms with Gasteiger partial charge in [0.25, 0.3) is 5.91 Å². The molecule has 2 aromatic heterocycles. The van der Waals surface area contributed by atoms with Crippen LogP contribution in [0.5, 0.6) is 0 Å². The van der Waals surface area contributed by atoms with Crippen molar-refractivity contribution in [1.29, 1.82) is 0 Å². The van der Waals surface area contributed by atoms with Gasteiger partial charge < -0.3 is 15.5 Å². The lowest BCUT2D eigenvalue weighted by Crippen LogP contribution is -2.22. The molecule has 0 atom stereocenters. The van der Waals surface area contributed by atoms with Crippen LogP contribution in [0.3, 0.4) is 0 Å². The quantitative estimate of drug-likeness (QED) is 0.635. The number of nitrogens with two attached hydrogens (primary N) is 1. The van der Waals surface area contributed by atoms with Crippen LogP contribution in [0.1, 0.15) is 15.4 Å². The molecule has 0 saturated heterocycles. The molecule has 118 valence electrons. The first-order valence-electron chi connectivity index (χ1n) is 6.64. The number of hydrogen-bond acceptors (Lipinski definition) is 5. The topological polar surface area (TPSA) is 73.2 Å². The molecule has 8 heteroatoms. The van der Waals surface area contributed by atoms with Crippen LogP contribution in [0, 0.1) is 3.95 Å². The number of nitrogens with zero attached hydrogens (tertiary/aromatic N) is 1. The lowest BCUT2D eigenvalue weighted by Gasteiger charge is -2.07. The van der Waals surface area contributed by atoms with Crippen molar-refractivity contribution in [3.63, 3.8) is 0 Å². The van der Waals surface area contributed by atoms with Crippen molar-refractivity contribution in [2.45, 2.75) is 6.54 Å². The maximum absolute atomic E-state index is 12.3. The number of thiazole rings is 1. The summed E-state index contributed by atoms with van der Waals surface area (Å²) in [6, 6.07) is 11.1. The second-order valence-electron chi connectivity index (χ2n) is 4.66. The van der Waals surface area contributed by atoms with Crippen LogP contribution in [0.2, 0.25) is 0 Å². The predicted octanol–water partition coefficient (Wildman–Crippen LogP) is 4.14. The van der Waals surface area contributed by atoms with Gasteiger partial charge in [0.2, 0.25) is 0 Å². The van der Waals surface area contributed by atoms with Gasteiger partial charge in [-0.05, 0) is 48.6 Å². The van der Waals surface area contributed by atoms with Crippen LogP contribution in [-0.2, 0) is 6.54 Å². The monoisotopic (exact) mass is 409 g/mol. The summed E-state index contributed by atoms with van der Waals surface area (Å²) in [6.45, 7) is 0.300. The minimum atomic E-state index is -0.272. The van der Waals surface area contributed by atoms with Crippen molar-refractivity contribution >= 4 is 51.2 Å². The first kappa shape index (κ1) is 16.0. The molecule has 1 amide bonds. The van der Waals surface area contributed by atoms with Crippen molar-refractivity contribution in [3.05, 3.63) is 61.7 Å². The van der Waals surface area contributed by atoms with Gasteiger partial charge >= 0.3 is 0 Å². The summed E-state index contributed by atoms with van der Waals surface area (Å²) in [4.78, 5) is 12.7. The summed E-state index contributed by atoms with van der Waals surface area (Å²) < 4.78 is 8.35. The van der Waals surface area contributed by atoms with Gasteiger partial charge in [0.1, 0.15) is 16.5 Å². The zero-order valence-electron chi connectivity index (χ0n) is 11.8. The largest absolute Gasteiger partial charge is 0.467 e. The minimum absolute atomic E-state index is 0.272. The molecule has 0 bridgehead atoms. The summed E-state index contributed by atoms with van der Waals surface area (Å²) in [5.74, 6) is 0.734. The molecule has 23 heavy (non-hydrogen) atoms. The van der Waals surface area contributed by atoms with E-state index in [0.29, 0.717) is 27.0 Å². The lowest BCUT2D eigenvalue weighted by atomic mass is 10.3. The van der Waals surface area contributed by atoms with Crippen molar-refractivity contribution in [1.82, 2.24) is 9.88 Å². The highest BCUT2D eigenvalue weighted by Crippen LogP contribution is 2.27. The van der Waals surface area contributed by atoms with Gasteiger partial charge in [-0.2, -0.15) is 0 Å². The number of aromatic nitrogens is 1. The van der Waals surface area contributed by atoms with E-state index in [0.717, 1.165) is 10.2 Å². The Balaban J connectivity index is 1.86. The Morgan fingerprint density at radius 3 is 2.74 bits per heavy atom. The number of benzene rings is 1. The fourth-order valence-electron chi connectivity index (χ4n) is 2.04. The van der Waals surface area contributed by atoms with E-state index in [4.69, 9.17) is 22.4 Å². The SMILES string of the molecule is Nc1c(C(=O)NCc2ccco2)sc(=S)n1-c1ccc(Br)cc1. The fourth-order valence-corrected chi connectivity index (χ4v) is 3.59. The van der Waals surface area contributed by atoms with E-state index in [1.807, 2.05) is 24.3 Å². The van der Waals surface area contributed by atoms with E-state index in [1.165, 1.54) is 11.3 Å². The molecule has 0 radical (unpaired) electrons. The second kappa shape index (κ2) is 6.69. The standard InChI is InChI=1S/C15H12BrN3O2S2/c16-9-3-5-10(6-4-9)19-13(17)12(23-15(19)22)14(20)18-8-11-2-1-7-21-11/h1-7H,8,17H2,(H,18,20). The van der Waals surface area contributed by atoms with Crippen LogP contribution in [0.25, 0.3) is 5.69 Å². The van der Waals surface area contributed by atoms with Crippen molar-refractivity contribution in [2.75, 3.05) is 5.73 Å². The Morgan fingerprint density at radius 2 is 2.09 bits per heavy atom. The van der Waals surface area contributed by atoms with E-state index in [2.05, 4.69) is 21.2 Å². The zero-order valence-corrected chi connectivity index (χ0v) is 15.0. The minimum Gasteiger partial charge on any atom is -0.467 e. The smallest absolute Gasteiger partial charge is 0.265 e. The number of anilines is 1. The molecule has 3 aromatic rings. The highest BCUT2D eigenvalue weighted by Gasteiger charge is 2.18. The first-order chi connectivity index (χ1) is 11.1. The Kier molecular flexibility index (Phi) is 4.65. The summed E-state index contributed by atoms with van der Waals surface area (Å²) >= 11 is 9.92. The average Bonchev–Trinajstić information content (AvgIpc) is 3.14. The maximum Gasteiger partial charge on any atom is 0.265 e. The van der Waals surface area contributed by atoms with Crippen LogP contribution >= 0.6 is 39.5 Å². The summed E-state index contributed by atoms with van der Waals surface area (Å²) in [7, 11) is 0. The van der Waals surface area contributed by atoms with E-state index in [1.54, 1.807) is 23.0 Å². The Labute approximate surface area is 149 Å². The molecule has 5 nitrogen and oxygen atoms in total. The van der Waals surface area contributed by atoms with E-state index >= 15 is 0 Å². The van der Waals surface area contributed by atoms with Crippen molar-refractivity contribution < 1.29 is 9.21 Å². The van der Waals surface area contributed by atoms with E-state index in [-0.39, 0.29) is 5.91 Å². The number of carbonyl (C=O) groups excluding carboxylic acids is 1. The lowest BCUT2D eigenvalue weighted by molar-refractivity contribution is 0.0952. The number of carbonyl (C=O) groups is 1. The maximum atomic E-state index is 12.3. The van der Waals surface area contributed by atoms with Gasteiger partial charge in [-0.1, -0.05) is 27.3 Å². The van der Waals surface area contributed by atoms with E-state index < -0.39 is 0 Å². The fraction of sp³-hybridized carbons (Fsp3) is 0.0667. The molecule has 0 aliphatic rings. The van der Waals surface area contributed by atoms with Gasteiger partial charge in [-0.3, -0.25) is 9.36 Å². The van der Waals surface area contributed by atoms with Crippen LogP contribution in [-0.4, -0.2) is 10.5 Å². The second-order valence-corrected chi connectivity index (χ2v) is 7.22. The molecule has 0 spiro atoms. The summed E-state index contributed by atoms with van der Waals surface area (Å²) in [5, 5.41) is 2.77. The molecule has 2 heterocycles. The third-order valence-electron chi connectivity index (χ3n) is 3.14. The van der Waals surface area contributed by atoms with Gasteiger partial charge in [0.15, 0.2) is 3.95 Å². The normalized spacial score (nSPS) is 10.7. The van der Waals surface area contributed by atoms with Crippen molar-refractivity contribution in [2.24, 2.45) is 0 Å². The Bertz CT molecular complexity index is 883. The molecular formula is C15H12BrN3O2S2. The predicted molar refractivity (Wildman–Crippen MR) is 96.5 cm³/mol. The average molecular weight is 410 g/mol. The summed E-state index contributed by atoms with van der Waals surface area (Å²) in [5.41, 5.74) is 6.95. The Morgan fingerprint density at radius 1 is 1.35 bits per heavy atom. The number of halogens is 1. The van der Waals surface area contributed by atoms with Crippen LogP contribution < -0.4 is 11.1 Å². The number of nitrogens with one attached hydrogen (secondary N) is 1. The zero-order chi connectivity index (χ0) is 16.4. The van der Waals surface area contributed by atoms with Crippen LogP contribution in [0.4, 0.5) is 5.82 Å². The highest BCUT2D eigenvalue weighted by atomic mass is 79.9. The molecule has 3 rings (SSSR count). The third-order valence-corrected chi connectivity index (χ3v) is 5.06. The number of hydrogen-bond donors (Lipinski definition) is 2.